The molecular formula is C21H20N4O2. The highest BCUT2D eigenvalue weighted by atomic mass is 16.2. The Hall–Kier alpha value is -3.28. The van der Waals surface area contributed by atoms with E-state index in [0.29, 0.717) is 11.4 Å². The van der Waals surface area contributed by atoms with Crippen molar-refractivity contribution in [3.8, 4) is 0 Å². The summed E-state index contributed by atoms with van der Waals surface area (Å²) in [4.78, 5) is 36.0. The van der Waals surface area contributed by atoms with Crippen LogP contribution in [0.4, 0.5) is 4.79 Å². The summed E-state index contributed by atoms with van der Waals surface area (Å²) in [6, 6.07) is 14.7. The Morgan fingerprint density at radius 1 is 0.963 bits per heavy atom. The van der Waals surface area contributed by atoms with Crippen molar-refractivity contribution in [2.75, 3.05) is 0 Å². The van der Waals surface area contributed by atoms with Crippen molar-refractivity contribution in [2.24, 2.45) is 0 Å². The predicted octanol–water partition coefficient (Wildman–Crippen LogP) is 3.21. The van der Waals surface area contributed by atoms with Gasteiger partial charge < -0.3 is 5.32 Å². The molecule has 2 aromatic carbocycles. The highest BCUT2D eigenvalue weighted by Gasteiger charge is 2.49. The van der Waals surface area contributed by atoms with Crippen molar-refractivity contribution < 1.29 is 9.59 Å². The van der Waals surface area contributed by atoms with Crippen molar-refractivity contribution in [2.45, 2.75) is 32.9 Å². The van der Waals surface area contributed by atoms with Gasteiger partial charge >= 0.3 is 6.03 Å². The Kier molecular flexibility index (Phi) is 3.91. The maximum atomic E-state index is 13.1. The van der Waals surface area contributed by atoms with E-state index in [9.17, 15) is 9.59 Å². The molecule has 1 unspecified atom stereocenters. The number of hydrogen-bond acceptors (Lipinski definition) is 4. The number of nitrogens with one attached hydrogen (secondary N) is 1. The fourth-order valence-electron chi connectivity index (χ4n) is 3.35. The Labute approximate surface area is 157 Å². The largest absolute Gasteiger partial charge is 0.325 e. The Morgan fingerprint density at radius 2 is 1.59 bits per heavy atom. The number of aryl methyl sites for hydroxylation is 2. The molecule has 6 heteroatoms. The third kappa shape index (κ3) is 2.83. The van der Waals surface area contributed by atoms with Crippen LogP contribution in [0.5, 0.6) is 0 Å². The van der Waals surface area contributed by atoms with E-state index in [2.05, 4.69) is 15.3 Å². The molecule has 1 atom stereocenters. The van der Waals surface area contributed by atoms with Crippen LogP contribution >= 0.6 is 0 Å². The summed E-state index contributed by atoms with van der Waals surface area (Å²) in [5.41, 5.74) is 3.63. The van der Waals surface area contributed by atoms with E-state index in [4.69, 9.17) is 0 Å². The van der Waals surface area contributed by atoms with E-state index in [1.165, 1.54) is 4.90 Å². The van der Waals surface area contributed by atoms with Crippen molar-refractivity contribution in [1.82, 2.24) is 20.2 Å². The Bertz CT molecular complexity index is 1060. The van der Waals surface area contributed by atoms with Crippen molar-refractivity contribution in [1.29, 1.82) is 0 Å². The zero-order valence-electron chi connectivity index (χ0n) is 15.5. The van der Waals surface area contributed by atoms with Crippen LogP contribution in [0.1, 0.15) is 29.4 Å². The van der Waals surface area contributed by atoms with Crippen LogP contribution in [0, 0.1) is 13.8 Å². The first-order valence-electron chi connectivity index (χ1n) is 8.82. The number of carbonyl (C=O) groups excluding carboxylic acids is 2. The molecule has 2 heterocycles. The van der Waals surface area contributed by atoms with Gasteiger partial charge in [-0.2, -0.15) is 0 Å². The van der Waals surface area contributed by atoms with E-state index in [1.807, 2.05) is 62.4 Å². The fraction of sp³-hybridized carbons (Fsp3) is 0.238. The second-order valence-corrected chi connectivity index (χ2v) is 7.06. The van der Waals surface area contributed by atoms with Gasteiger partial charge in [0.25, 0.3) is 5.91 Å². The number of rotatable bonds is 3. The minimum atomic E-state index is -1.08. The topological polar surface area (TPSA) is 75.2 Å². The molecule has 0 spiro atoms. The molecule has 3 aromatic rings. The zero-order chi connectivity index (χ0) is 19.2. The summed E-state index contributed by atoms with van der Waals surface area (Å²) in [7, 11) is 0. The van der Waals surface area contributed by atoms with Gasteiger partial charge in [-0.15, -0.1) is 0 Å². The van der Waals surface area contributed by atoms with E-state index in [0.717, 1.165) is 22.2 Å². The normalized spacial score (nSPS) is 19.6. The molecule has 27 heavy (non-hydrogen) atoms. The minimum Gasteiger partial charge on any atom is -0.319 e. The fourth-order valence-corrected chi connectivity index (χ4v) is 3.35. The molecule has 4 rings (SSSR count). The number of urea groups is 1. The molecule has 6 nitrogen and oxygen atoms in total. The van der Waals surface area contributed by atoms with Crippen molar-refractivity contribution in [3.63, 3.8) is 0 Å². The van der Waals surface area contributed by atoms with Crippen LogP contribution in [-0.4, -0.2) is 26.8 Å². The van der Waals surface area contributed by atoms with Gasteiger partial charge in [-0.1, -0.05) is 42.0 Å². The molecule has 1 N–H and O–H groups in total. The van der Waals surface area contributed by atoms with Gasteiger partial charge in [-0.05, 0) is 38.5 Å². The lowest BCUT2D eigenvalue weighted by molar-refractivity contribution is -0.131. The number of aromatic nitrogens is 2. The highest BCUT2D eigenvalue weighted by Crippen LogP contribution is 2.30. The lowest BCUT2D eigenvalue weighted by atomic mass is 9.91. The standard InChI is InChI=1S/C21H20N4O2/c1-13-8-10-15(11-9-13)21(3)19(26)25(20(27)24-21)12-18-14(2)22-16-6-4-5-7-17(16)23-18/h4-11H,12H2,1-3H3,(H,24,27). The first-order valence-corrected chi connectivity index (χ1v) is 8.82. The monoisotopic (exact) mass is 360 g/mol. The van der Waals surface area contributed by atoms with E-state index in [-0.39, 0.29) is 12.5 Å². The molecule has 3 amide bonds. The van der Waals surface area contributed by atoms with Crippen LogP contribution in [0.2, 0.25) is 0 Å². The molecule has 136 valence electrons. The number of hydrogen-bond donors (Lipinski definition) is 1. The van der Waals surface area contributed by atoms with Crippen LogP contribution in [0.15, 0.2) is 48.5 Å². The average Bonchev–Trinajstić information content (AvgIpc) is 2.86. The molecule has 0 bridgehead atoms. The van der Waals surface area contributed by atoms with E-state index in [1.54, 1.807) is 6.92 Å². The molecule has 1 aliphatic rings. The lowest BCUT2D eigenvalue weighted by Crippen LogP contribution is -2.40. The van der Waals surface area contributed by atoms with Gasteiger partial charge in [0, 0.05) is 0 Å². The molecular weight excluding hydrogens is 340 g/mol. The Morgan fingerprint density at radius 3 is 2.26 bits per heavy atom. The maximum Gasteiger partial charge on any atom is 0.325 e. The number of amides is 3. The smallest absolute Gasteiger partial charge is 0.319 e. The van der Waals surface area contributed by atoms with Crippen molar-refractivity contribution in [3.05, 3.63) is 71.0 Å². The van der Waals surface area contributed by atoms with E-state index < -0.39 is 11.6 Å². The lowest BCUT2D eigenvalue weighted by Gasteiger charge is -2.22. The molecule has 0 radical (unpaired) electrons. The molecule has 1 fully saturated rings. The summed E-state index contributed by atoms with van der Waals surface area (Å²) in [6.07, 6.45) is 0. The second kappa shape index (κ2) is 6.16. The van der Waals surface area contributed by atoms with Crippen LogP contribution < -0.4 is 5.32 Å². The van der Waals surface area contributed by atoms with Gasteiger partial charge in [0.2, 0.25) is 0 Å². The number of fused-ring (bicyclic) bond motifs is 1. The summed E-state index contributed by atoms with van der Waals surface area (Å²) in [6.45, 7) is 5.65. The Balaban J connectivity index is 1.67. The predicted molar refractivity (Wildman–Crippen MR) is 102 cm³/mol. The molecule has 0 saturated carbocycles. The van der Waals surface area contributed by atoms with Gasteiger partial charge in [0.1, 0.15) is 5.54 Å². The number of para-hydroxylation sites is 2. The van der Waals surface area contributed by atoms with Crippen LogP contribution in [-0.2, 0) is 16.9 Å². The highest BCUT2D eigenvalue weighted by molar-refractivity contribution is 6.07. The number of carbonyl (C=O) groups is 2. The summed E-state index contributed by atoms with van der Waals surface area (Å²) < 4.78 is 0. The minimum absolute atomic E-state index is 0.0930. The zero-order valence-corrected chi connectivity index (χ0v) is 15.5. The first-order chi connectivity index (χ1) is 12.9. The van der Waals surface area contributed by atoms with Gasteiger partial charge in [-0.3, -0.25) is 9.69 Å². The molecule has 1 saturated heterocycles. The van der Waals surface area contributed by atoms with Gasteiger partial charge in [-0.25, -0.2) is 14.8 Å². The molecule has 1 aliphatic heterocycles. The summed E-state index contributed by atoms with van der Waals surface area (Å²) in [5.74, 6) is -0.286. The summed E-state index contributed by atoms with van der Waals surface area (Å²) >= 11 is 0. The molecule has 1 aromatic heterocycles. The number of benzene rings is 2. The van der Waals surface area contributed by atoms with Crippen molar-refractivity contribution >= 4 is 23.0 Å². The van der Waals surface area contributed by atoms with E-state index >= 15 is 0 Å². The van der Waals surface area contributed by atoms with Crippen LogP contribution in [0.3, 0.4) is 0 Å². The van der Waals surface area contributed by atoms with Gasteiger partial charge in [0.05, 0.1) is 29.0 Å². The summed E-state index contributed by atoms with van der Waals surface area (Å²) in [5, 5.41) is 2.83. The quantitative estimate of drug-likeness (QED) is 0.728. The van der Waals surface area contributed by atoms with Crippen LogP contribution in [0.25, 0.3) is 11.0 Å². The maximum absolute atomic E-state index is 13.1. The first kappa shape index (κ1) is 17.1. The SMILES string of the molecule is Cc1ccc(C2(C)NC(=O)N(Cc3nc4ccccc4nc3C)C2=O)cc1. The third-order valence-corrected chi connectivity index (χ3v) is 5.05. The number of nitrogens with zero attached hydrogens (tertiary/aromatic N) is 3. The molecule has 0 aliphatic carbocycles. The third-order valence-electron chi connectivity index (χ3n) is 5.05. The average molecular weight is 360 g/mol. The number of imide groups is 1. The second-order valence-electron chi connectivity index (χ2n) is 7.06. The van der Waals surface area contributed by atoms with Gasteiger partial charge in [0.15, 0.2) is 0 Å².